The first-order chi connectivity index (χ1) is 9.06. The summed E-state index contributed by atoms with van der Waals surface area (Å²) in [6.07, 6.45) is 1.34. The molecular weight excluding hydrogens is 306 g/mol. The molecule has 0 radical (unpaired) electrons. The SMILES string of the molecule is CC(O)C1CCN(CCC(=O)c2ccc(Br)cc2)C1. The Kier molecular flexibility index (Phi) is 5.13. The van der Waals surface area contributed by atoms with E-state index in [1.807, 2.05) is 31.2 Å². The lowest BCUT2D eigenvalue weighted by Gasteiger charge is -2.16. The van der Waals surface area contributed by atoms with Crippen molar-refractivity contribution in [3.63, 3.8) is 0 Å². The van der Waals surface area contributed by atoms with Crippen LogP contribution in [0.3, 0.4) is 0 Å². The van der Waals surface area contributed by atoms with Crippen molar-refractivity contribution in [3.8, 4) is 0 Å². The van der Waals surface area contributed by atoms with Crippen LogP contribution >= 0.6 is 15.9 Å². The van der Waals surface area contributed by atoms with Gasteiger partial charge in [0, 0.05) is 29.5 Å². The Morgan fingerprint density at radius 3 is 2.74 bits per heavy atom. The zero-order valence-corrected chi connectivity index (χ0v) is 12.8. The van der Waals surface area contributed by atoms with Crippen LogP contribution in [-0.2, 0) is 0 Å². The predicted molar refractivity (Wildman–Crippen MR) is 79.3 cm³/mol. The van der Waals surface area contributed by atoms with Crippen LogP contribution in [0.25, 0.3) is 0 Å². The quantitative estimate of drug-likeness (QED) is 0.846. The molecule has 0 aliphatic carbocycles. The Morgan fingerprint density at radius 2 is 2.16 bits per heavy atom. The fourth-order valence-electron chi connectivity index (χ4n) is 2.50. The Morgan fingerprint density at radius 1 is 1.47 bits per heavy atom. The lowest BCUT2D eigenvalue weighted by Crippen LogP contribution is -2.26. The molecule has 1 N–H and O–H groups in total. The minimum Gasteiger partial charge on any atom is -0.393 e. The van der Waals surface area contributed by atoms with Crippen molar-refractivity contribution in [1.29, 1.82) is 0 Å². The van der Waals surface area contributed by atoms with Gasteiger partial charge in [0.05, 0.1) is 6.10 Å². The molecule has 1 aliphatic heterocycles. The summed E-state index contributed by atoms with van der Waals surface area (Å²) in [5.41, 5.74) is 0.773. The minimum absolute atomic E-state index is 0.188. The van der Waals surface area contributed by atoms with Gasteiger partial charge in [-0.25, -0.2) is 0 Å². The smallest absolute Gasteiger partial charge is 0.164 e. The van der Waals surface area contributed by atoms with Crippen LogP contribution in [0.15, 0.2) is 28.7 Å². The Balaban J connectivity index is 1.80. The highest BCUT2D eigenvalue weighted by molar-refractivity contribution is 9.10. The van der Waals surface area contributed by atoms with Crippen molar-refractivity contribution in [3.05, 3.63) is 34.3 Å². The van der Waals surface area contributed by atoms with Gasteiger partial charge in [-0.3, -0.25) is 4.79 Å². The van der Waals surface area contributed by atoms with Crippen LogP contribution in [0.5, 0.6) is 0 Å². The Bertz CT molecular complexity index is 430. The highest BCUT2D eigenvalue weighted by atomic mass is 79.9. The molecule has 0 aromatic heterocycles. The number of benzene rings is 1. The number of Topliss-reactive ketones (excluding diaryl/α,β-unsaturated/α-hetero) is 1. The number of likely N-dealkylation sites (tertiary alicyclic amines) is 1. The van der Waals surface area contributed by atoms with E-state index >= 15 is 0 Å². The zero-order chi connectivity index (χ0) is 13.8. The standard InChI is InChI=1S/C15H20BrNO2/c1-11(18)13-6-8-17(10-13)9-7-15(19)12-2-4-14(16)5-3-12/h2-5,11,13,18H,6-10H2,1H3. The van der Waals surface area contributed by atoms with Crippen molar-refractivity contribution in [2.45, 2.75) is 25.9 Å². The van der Waals surface area contributed by atoms with Gasteiger partial charge < -0.3 is 10.0 Å². The number of halogens is 1. The molecule has 0 bridgehead atoms. The van der Waals surface area contributed by atoms with Crippen molar-refractivity contribution >= 4 is 21.7 Å². The molecule has 2 unspecified atom stereocenters. The molecule has 2 atom stereocenters. The Labute approximate surface area is 122 Å². The number of hydrogen-bond acceptors (Lipinski definition) is 3. The molecule has 19 heavy (non-hydrogen) atoms. The third-order valence-electron chi connectivity index (χ3n) is 3.81. The van der Waals surface area contributed by atoms with E-state index in [1.165, 1.54) is 0 Å². The lowest BCUT2D eigenvalue weighted by atomic mass is 10.0. The molecular formula is C15H20BrNO2. The van der Waals surface area contributed by atoms with E-state index in [9.17, 15) is 9.90 Å². The first-order valence-electron chi connectivity index (χ1n) is 6.75. The summed E-state index contributed by atoms with van der Waals surface area (Å²) in [5.74, 6) is 0.552. The van der Waals surface area contributed by atoms with Crippen LogP contribution < -0.4 is 0 Å². The molecule has 0 spiro atoms. The van der Waals surface area contributed by atoms with Crippen molar-refractivity contribution in [1.82, 2.24) is 4.90 Å². The van der Waals surface area contributed by atoms with E-state index in [-0.39, 0.29) is 11.9 Å². The molecule has 1 aromatic carbocycles. The van der Waals surface area contributed by atoms with Crippen LogP contribution in [0.1, 0.15) is 30.1 Å². The highest BCUT2D eigenvalue weighted by Gasteiger charge is 2.25. The van der Waals surface area contributed by atoms with Gasteiger partial charge in [0.25, 0.3) is 0 Å². The molecule has 0 amide bonds. The van der Waals surface area contributed by atoms with Crippen LogP contribution in [-0.4, -0.2) is 41.5 Å². The summed E-state index contributed by atoms with van der Waals surface area (Å²) in [4.78, 5) is 14.3. The maximum absolute atomic E-state index is 12.0. The van der Waals surface area contributed by atoms with E-state index in [4.69, 9.17) is 0 Å². The van der Waals surface area contributed by atoms with Crippen LogP contribution in [0.2, 0.25) is 0 Å². The maximum Gasteiger partial charge on any atom is 0.164 e. The van der Waals surface area contributed by atoms with Gasteiger partial charge in [-0.1, -0.05) is 28.1 Å². The average Bonchev–Trinajstić information content (AvgIpc) is 2.86. The van der Waals surface area contributed by atoms with Crippen molar-refractivity contribution in [2.75, 3.05) is 19.6 Å². The molecule has 104 valence electrons. The minimum atomic E-state index is -0.243. The number of aliphatic hydroxyl groups excluding tert-OH is 1. The third kappa shape index (κ3) is 4.13. The molecule has 2 rings (SSSR count). The zero-order valence-electron chi connectivity index (χ0n) is 11.2. The molecule has 1 fully saturated rings. The normalized spacial score (nSPS) is 21.5. The van der Waals surface area contributed by atoms with Crippen molar-refractivity contribution < 1.29 is 9.90 Å². The summed E-state index contributed by atoms with van der Waals surface area (Å²) in [6, 6.07) is 7.50. The highest BCUT2D eigenvalue weighted by Crippen LogP contribution is 2.20. The second-order valence-corrected chi connectivity index (χ2v) is 6.19. The summed E-state index contributed by atoms with van der Waals surface area (Å²) >= 11 is 3.36. The van der Waals surface area contributed by atoms with E-state index in [0.717, 1.165) is 36.1 Å². The molecule has 1 aromatic rings. The molecule has 1 aliphatic rings. The first kappa shape index (κ1) is 14.7. The van der Waals surface area contributed by atoms with Gasteiger partial charge in [0.2, 0.25) is 0 Å². The average molecular weight is 326 g/mol. The molecule has 0 saturated carbocycles. The van der Waals surface area contributed by atoms with E-state index in [0.29, 0.717) is 12.3 Å². The number of ketones is 1. The van der Waals surface area contributed by atoms with Gasteiger partial charge in [-0.15, -0.1) is 0 Å². The Hall–Kier alpha value is -0.710. The topological polar surface area (TPSA) is 40.5 Å². The van der Waals surface area contributed by atoms with E-state index in [2.05, 4.69) is 20.8 Å². The van der Waals surface area contributed by atoms with Crippen LogP contribution in [0, 0.1) is 5.92 Å². The summed E-state index contributed by atoms with van der Waals surface area (Å²) in [6.45, 7) is 4.54. The fourth-order valence-corrected chi connectivity index (χ4v) is 2.76. The van der Waals surface area contributed by atoms with Crippen molar-refractivity contribution in [2.24, 2.45) is 5.92 Å². The number of aliphatic hydroxyl groups is 1. The van der Waals surface area contributed by atoms with E-state index < -0.39 is 0 Å². The summed E-state index contributed by atoms with van der Waals surface area (Å²) < 4.78 is 0.989. The van der Waals surface area contributed by atoms with Gasteiger partial charge in [0.1, 0.15) is 0 Å². The van der Waals surface area contributed by atoms with Gasteiger partial charge in [-0.2, -0.15) is 0 Å². The number of hydrogen-bond donors (Lipinski definition) is 1. The fraction of sp³-hybridized carbons (Fsp3) is 0.533. The second kappa shape index (κ2) is 6.64. The first-order valence-corrected chi connectivity index (χ1v) is 7.55. The summed E-state index contributed by atoms with van der Waals surface area (Å²) in [5, 5.41) is 9.55. The van der Waals surface area contributed by atoms with Gasteiger partial charge >= 0.3 is 0 Å². The molecule has 1 saturated heterocycles. The van der Waals surface area contributed by atoms with Crippen LogP contribution in [0.4, 0.5) is 0 Å². The summed E-state index contributed by atoms with van der Waals surface area (Å²) in [7, 11) is 0. The molecule has 4 heteroatoms. The van der Waals surface area contributed by atoms with Gasteiger partial charge in [-0.05, 0) is 37.9 Å². The number of rotatable bonds is 5. The molecule has 3 nitrogen and oxygen atoms in total. The predicted octanol–water partition coefficient (Wildman–Crippen LogP) is 2.72. The number of carbonyl (C=O) groups is 1. The molecule has 1 heterocycles. The number of carbonyl (C=O) groups excluding carboxylic acids is 1. The third-order valence-corrected chi connectivity index (χ3v) is 4.34. The monoisotopic (exact) mass is 325 g/mol. The lowest BCUT2D eigenvalue weighted by molar-refractivity contribution is 0.0963. The largest absolute Gasteiger partial charge is 0.393 e. The number of nitrogens with zero attached hydrogens (tertiary/aromatic N) is 1. The second-order valence-electron chi connectivity index (χ2n) is 5.27. The van der Waals surface area contributed by atoms with Gasteiger partial charge in [0.15, 0.2) is 5.78 Å². The maximum atomic E-state index is 12.0. The van der Waals surface area contributed by atoms with E-state index in [1.54, 1.807) is 0 Å².